The summed E-state index contributed by atoms with van der Waals surface area (Å²) in [6.45, 7) is 3.62. The minimum atomic E-state index is -1.10. The highest BCUT2D eigenvalue weighted by atomic mass is 32.2. The lowest BCUT2D eigenvalue weighted by Gasteiger charge is -2.35. The van der Waals surface area contributed by atoms with Crippen molar-refractivity contribution in [2.45, 2.75) is 36.2 Å². The van der Waals surface area contributed by atoms with Crippen LogP contribution in [0.2, 0.25) is 0 Å². The van der Waals surface area contributed by atoms with Gasteiger partial charge in [-0.2, -0.15) is 0 Å². The molecule has 0 saturated carbocycles. The molecule has 0 aromatic heterocycles. The number of thioether (sulfide) groups is 1. The maximum atomic E-state index is 13.3. The number of hydrogen-bond donors (Lipinski definition) is 2. The van der Waals surface area contributed by atoms with Gasteiger partial charge in [0.2, 0.25) is 5.91 Å². The number of carbonyl (C=O) groups excluding carboxylic acids is 2. The van der Waals surface area contributed by atoms with Crippen molar-refractivity contribution in [2.75, 3.05) is 12.4 Å². The predicted molar refractivity (Wildman–Crippen MR) is 170 cm³/mol. The van der Waals surface area contributed by atoms with E-state index in [2.05, 4.69) is 48.3 Å². The molecule has 4 rings (SSSR count). The molecule has 4 aromatic rings. The lowest BCUT2D eigenvalue weighted by Crippen LogP contribution is -2.46. The number of benzene rings is 4. The third kappa shape index (κ3) is 8.21. The standard InChI is InChI=1S/C36H37NO4S/c1-2-24-41-35(40)27-33(38)32(26-28-15-7-3-8-16-28)37-34(39)23-25-42-36(29-17-9-4-10-18-29,30-19-11-5-12-20-30)31-21-13-6-14-22-31/h2-22,32-33,38H,1,23-27H2,(H,37,39)/t32-,33+/m1/s1. The van der Waals surface area contributed by atoms with Crippen molar-refractivity contribution in [3.63, 3.8) is 0 Å². The zero-order valence-corrected chi connectivity index (χ0v) is 24.4. The topological polar surface area (TPSA) is 75.6 Å². The van der Waals surface area contributed by atoms with Crippen molar-refractivity contribution in [3.05, 3.63) is 156 Å². The second-order valence-corrected chi connectivity index (χ2v) is 11.3. The second kappa shape index (κ2) is 15.8. The molecule has 0 aliphatic rings. The van der Waals surface area contributed by atoms with E-state index in [1.807, 2.05) is 84.9 Å². The molecule has 0 saturated heterocycles. The molecule has 4 aromatic carbocycles. The van der Waals surface area contributed by atoms with Gasteiger partial charge in [-0.15, -0.1) is 11.8 Å². The van der Waals surface area contributed by atoms with Gasteiger partial charge in [0.15, 0.2) is 0 Å². The summed E-state index contributed by atoms with van der Waals surface area (Å²) in [5, 5.41) is 13.9. The lowest BCUT2D eigenvalue weighted by atomic mass is 9.84. The number of ether oxygens (including phenoxy) is 1. The molecule has 6 heteroatoms. The summed E-state index contributed by atoms with van der Waals surface area (Å²) >= 11 is 1.71. The first-order valence-electron chi connectivity index (χ1n) is 14.1. The van der Waals surface area contributed by atoms with Crippen LogP contribution in [-0.4, -0.2) is 41.5 Å². The van der Waals surface area contributed by atoms with Crippen molar-refractivity contribution in [3.8, 4) is 0 Å². The molecule has 0 aliphatic carbocycles. The first-order valence-corrected chi connectivity index (χ1v) is 15.1. The number of esters is 1. The van der Waals surface area contributed by atoms with Gasteiger partial charge in [-0.1, -0.05) is 134 Å². The monoisotopic (exact) mass is 579 g/mol. The smallest absolute Gasteiger partial charge is 0.308 e. The Morgan fingerprint density at radius 2 is 1.29 bits per heavy atom. The van der Waals surface area contributed by atoms with E-state index in [4.69, 9.17) is 4.74 Å². The molecule has 0 fully saturated rings. The summed E-state index contributed by atoms with van der Waals surface area (Å²) in [4.78, 5) is 25.5. The van der Waals surface area contributed by atoms with Crippen molar-refractivity contribution in [1.29, 1.82) is 0 Å². The average molecular weight is 580 g/mol. The minimum Gasteiger partial charge on any atom is -0.461 e. The summed E-state index contributed by atoms with van der Waals surface area (Å²) in [6.07, 6.45) is 0.775. The van der Waals surface area contributed by atoms with Gasteiger partial charge in [0.05, 0.1) is 23.3 Å². The third-order valence-electron chi connectivity index (χ3n) is 7.04. The number of rotatable bonds is 15. The van der Waals surface area contributed by atoms with Gasteiger partial charge in [-0.25, -0.2) is 0 Å². The highest BCUT2D eigenvalue weighted by molar-refractivity contribution is 8.00. The highest BCUT2D eigenvalue weighted by Gasteiger charge is 2.37. The molecule has 2 atom stereocenters. The second-order valence-electron chi connectivity index (χ2n) is 9.98. The number of carbonyl (C=O) groups is 2. The van der Waals surface area contributed by atoms with Crippen molar-refractivity contribution >= 4 is 23.6 Å². The summed E-state index contributed by atoms with van der Waals surface area (Å²) in [6, 6.07) is 40.0. The molecule has 2 N–H and O–H groups in total. The van der Waals surface area contributed by atoms with Gasteiger partial charge in [0.1, 0.15) is 6.61 Å². The molecule has 0 unspecified atom stereocenters. The molecule has 1 amide bonds. The lowest BCUT2D eigenvalue weighted by molar-refractivity contribution is -0.145. The number of aliphatic hydroxyl groups excluding tert-OH is 1. The van der Waals surface area contributed by atoms with Crippen LogP contribution in [0.4, 0.5) is 0 Å². The van der Waals surface area contributed by atoms with Crippen LogP contribution >= 0.6 is 11.8 Å². The Bertz CT molecular complexity index is 1300. The summed E-state index contributed by atoms with van der Waals surface area (Å²) in [5.74, 6) is -0.200. The summed E-state index contributed by atoms with van der Waals surface area (Å²) in [5.41, 5.74) is 4.33. The van der Waals surface area contributed by atoms with Gasteiger partial charge in [0.25, 0.3) is 0 Å². The zero-order valence-electron chi connectivity index (χ0n) is 23.6. The van der Waals surface area contributed by atoms with E-state index >= 15 is 0 Å². The van der Waals surface area contributed by atoms with E-state index in [9.17, 15) is 14.7 Å². The van der Waals surface area contributed by atoms with Gasteiger partial charge >= 0.3 is 5.97 Å². The van der Waals surface area contributed by atoms with Gasteiger partial charge in [-0.3, -0.25) is 9.59 Å². The fraction of sp³-hybridized carbons (Fsp3) is 0.222. The van der Waals surface area contributed by atoms with E-state index in [1.54, 1.807) is 11.8 Å². The fourth-order valence-corrected chi connectivity index (χ4v) is 6.52. The van der Waals surface area contributed by atoms with Gasteiger partial charge < -0.3 is 15.2 Å². The van der Waals surface area contributed by atoms with E-state index in [0.717, 1.165) is 22.3 Å². The maximum absolute atomic E-state index is 13.3. The molecular formula is C36H37NO4S. The maximum Gasteiger partial charge on any atom is 0.308 e. The minimum absolute atomic E-state index is 0.0739. The van der Waals surface area contributed by atoms with Crippen LogP contribution in [0.1, 0.15) is 35.1 Å². The molecule has 216 valence electrons. The molecule has 42 heavy (non-hydrogen) atoms. The summed E-state index contributed by atoms with van der Waals surface area (Å²) < 4.78 is 4.54. The van der Waals surface area contributed by atoms with E-state index in [1.165, 1.54) is 6.08 Å². The molecule has 0 radical (unpaired) electrons. The predicted octanol–water partition coefficient (Wildman–Crippen LogP) is 6.31. The van der Waals surface area contributed by atoms with E-state index in [0.29, 0.717) is 12.2 Å². The SMILES string of the molecule is C=CCOC(=O)C[C@H](O)[C@@H](Cc1ccccc1)NC(=O)CCSC(c1ccccc1)(c1ccccc1)c1ccccc1. The van der Waals surface area contributed by atoms with Crippen LogP contribution in [0.3, 0.4) is 0 Å². The Kier molecular flexibility index (Phi) is 11.6. The Hall–Kier alpha value is -4.13. The Balaban J connectivity index is 1.53. The highest BCUT2D eigenvalue weighted by Crippen LogP contribution is 2.48. The molecule has 0 spiro atoms. The fourth-order valence-electron chi connectivity index (χ4n) is 5.02. The van der Waals surface area contributed by atoms with E-state index < -0.39 is 22.9 Å². The van der Waals surface area contributed by atoms with Crippen LogP contribution < -0.4 is 5.32 Å². The van der Waals surface area contributed by atoms with Crippen LogP contribution in [0.15, 0.2) is 134 Å². The van der Waals surface area contributed by atoms with Crippen LogP contribution in [-0.2, 0) is 25.5 Å². The van der Waals surface area contributed by atoms with Gasteiger partial charge in [0, 0.05) is 12.2 Å². The number of amides is 1. The van der Waals surface area contributed by atoms with Crippen LogP contribution in [0.5, 0.6) is 0 Å². The average Bonchev–Trinajstić information content (AvgIpc) is 3.03. The van der Waals surface area contributed by atoms with Crippen molar-refractivity contribution in [2.24, 2.45) is 0 Å². The number of aliphatic hydroxyl groups is 1. The molecule has 0 aliphatic heterocycles. The first-order chi connectivity index (χ1) is 20.5. The van der Waals surface area contributed by atoms with Crippen LogP contribution in [0, 0.1) is 0 Å². The first kappa shape index (κ1) is 30.8. The Morgan fingerprint density at radius 3 is 1.76 bits per heavy atom. The van der Waals surface area contributed by atoms with Crippen molar-refractivity contribution < 1.29 is 19.4 Å². The third-order valence-corrected chi connectivity index (χ3v) is 8.58. The number of hydrogen-bond acceptors (Lipinski definition) is 5. The quantitative estimate of drug-likeness (QED) is 0.0981. The normalized spacial score (nSPS) is 12.6. The Labute approximate surface area is 252 Å². The Morgan fingerprint density at radius 1 is 0.810 bits per heavy atom. The van der Waals surface area contributed by atoms with E-state index in [-0.39, 0.29) is 25.4 Å². The van der Waals surface area contributed by atoms with Crippen LogP contribution in [0.25, 0.3) is 0 Å². The summed E-state index contributed by atoms with van der Waals surface area (Å²) in [7, 11) is 0. The molecule has 0 bridgehead atoms. The molecular weight excluding hydrogens is 542 g/mol. The van der Waals surface area contributed by atoms with Crippen molar-refractivity contribution in [1.82, 2.24) is 5.32 Å². The largest absolute Gasteiger partial charge is 0.461 e. The number of nitrogens with one attached hydrogen (secondary N) is 1. The zero-order chi connectivity index (χ0) is 29.6. The molecule has 0 heterocycles. The van der Waals surface area contributed by atoms with Gasteiger partial charge in [-0.05, 0) is 28.7 Å². The molecule has 5 nitrogen and oxygen atoms in total.